The van der Waals surface area contributed by atoms with E-state index in [4.69, 9.17) is 5.73 Å². The third-order valence-corrected chi connectivity index (χ3v) is 3.70. The summed E-state index contributed by atoms with van der Waals surface area (Å²) >= 11 is 3.49. The topological polar surface area (TPSA) is 43.3 Å². The summed E-state index contributed by atoms with van der Waals surface area (Å²) in [5.74, 6) is 1.76. The maximum atomic E-state index is 5.80. The van der Waals surface area contributed by atoms with Crippen LogP contribution in [0.1, 0.15) is 31.0 Å². The highest BCUT2D eigenvalue weighted by atomic mass is 79.9. The summed E-state index contributed by atoms with van der Waals surface area (Å²) in [5, 5.41) is 0. The van der Waals surface area contributed by atoms with Crippen molar-refractivity contribution in [3.05, 3.63) is 28.8 Å². The molecule has 0 unspecified atom stereocenters. The highest BCUT2D eigenvalue weighted by molar-refractivity contribution is 9.10. The largest absolute Gasteiger partial charge is 0.398 e. The zero-order valence-corrected chi connectivity index (χ0v) is 9.87. The number of anilines is 1. The van der Waals surface area contributed by atoms with Crippen LogP contribution in [0.25, 0.3) is 5.52 Å². The maximum Gasteiger partial charge on any atom is 0.132 e. The van der Waals surface area contributed by atoms with E-state index in [1.54, 1.807) is 0 Å². The van der Waals surface area contributed by atoms with E-state index in [0.717, 1.165) is 21.6 Å². The second-order valence-corrected chi connectivity index (χ2v) is 4.86. The molecule has 0 aliphatic heterocycles. The van der Waals surface area contributed by atoms with Gasteiger partial charge in [-0.25, -0.2) is 4.98 Å². The van der Waals surface area contributed by atoms with Gasteiger partial charge in [-0.3, -0.25) is 0 Å². The van der Waals surface area contributed by atoms with Crippen molar-refractivity contribution in [2.24, 2.45) is 0 Å². The summed E-state index contributed by atoms with van der Waals surface area (Å²) in [6.45, 7) is 0. The highest BCUT2D eigenvalue weighted by Gasteiger charge is 2.24. The molecule has 2 heterocycles. The van der Waals surface area contributed by atoms with Gasteiger partial charge in [0.25, 0.3) is 0 Å². The number of nitrogens with two attached hydrogens (primary N) is 1. The van der Waals surface area contributed by atoms with Gasteiger partial charge >= 0.3 is 0 Å². The highest BCUT2D eigenvalue weighted by Crippen LogP contribution is 2.37. The van der Waals surface area contributed by atoms with Gasteiger partial charge in [0.2, 0.25) is 0 Å². The molecule has 0 radical (unpaired) electrons. The molecule has 4 heteroatoms. The number of nitrogens with zero attached hydrogens (tertiary/aromatic N) is 2. The van der Waals surface area contributed by atoms with E-state index in [0.29, 0.717) is 5.92 Å². The average molecular weight is 266 g/mol. The van der Waals surface area contributed by atoms with Crippen LogP contribution in [0.5, 0.6) is 0 Å². The van der Waals surface area contributed by atoms with E-state index in [1.165, 1.54) is 19.3 Å². The summed E-state index contributed by atoms with van der Waals surface area (Å²) in [7, 11) is 0. The molecule has 0 saturated heterocycles. The molecular weight excluding hydrogens is 254 g/mol. The summed E-state index contributed by atoms with van der Waals surface area (Å²) in [6.07, 6.45) is 5.78. The monoisotopic (exact) mass is 265 g/mol. The van der Waals surface area contributed by atoms with Crippen LogP contribution in [0.4, 0.5) is 5.69 Å². The molecule has 3 rings (SSSR count). The standard InChI is InChI=1S/C11H12BrN3/c12-10-9-5-4-8(13)6-15(9)11(14-10)7-2-1-3-7/h4-7H,1-3,13H2. The summed E-state index contributed by atoms with van der Waals surface area (Å²) in [5.41, 5.74) is 7.69. The molecule has 1 fully saturated rings. The average Bonchev–Trinajstić information content (AvgIpc) is 2.41. The lowest BCUT2D eigenvalue weighted by molar-refractivity contribution is 0.400. The van der Waals surface area contributed by atoms with Crippen molar-refractivity contribution in [2.75, 3.05) is 5.73 Å². The Kier molecular flexibility index (Phi) is 1.99. The Bertz CT molecular complexity index is 514. The van der Waals surface area contributed by atoms with Gasteiger partial charge in [0.05, 0.1) is 5.52 Å². The minimum atomic E-state index is 0.616. The number of fused-ring (bicyclic) bond motifs is 1. The third-order valence-electron chi connectivity index (χ3n) is 3.11. The Labute approximate surface area is 96.4 Å². The van der Waals surface area contributed by atoms with Crippen molar-refractivity contribution < 1.29 is 0 Å². The zero-order valence-electron chi connectivity index (χ0n) is 8.28. The van der Waals surface area contributed by atoms with Crippen molar-refractivity contribution in [3.8, 4) is 0 Å². The van der Waals surface area contributed by atoms with Crippen molar-refractivity contribution >= 4 is 27.1 Å². The Balaban J connectivity index is 2.24. The van der Waals surface area contributed by atoms with E-state index in [1.807, 2.05) is 18.3 Å². The van der Waals surface area contributed by atoms with Crippen molar-refractivity contribution in [2.45, 2.75) is 25.2 Å². The second kappa shape index (κ2) is 3.23. The number of pyridine rings is 1. The van der Waals surface area contributed by atoms with Gasteiger partial charge in [0.1, 0.15) is 10.4 Å². The molecule has 0 aromatic carbocycles. The molecule has 1 aliphatic carbocycles. The first-order chi connectivity index (χ1) is 7.25. The lowest BCUT2D eigenvalue weighted by Gasteiger charge is -2.23. The fourth-order valence-corrected chi connectivity index (χ4v) is 2.55. The molecular formula is C11H12BrN3. The van der Waals surface area contributed by atoms with Gasteiger partial charge in [0.15, 0.2) is 0 Å². The van der Waals surface area contributed by atoms with Gasteiger partial charge in [0, 0.05) is 17.8 Å². The minimum absolute atomic E-state index is 0.616. The number of rotatable bonds is 1. The number of nitrogen functional groups attached to an aromatic ring is 1. The van der Waals surface area contributed by atoms with Gasteiger partial charge in [-0.1, -0.05) is 6.42 Å². The predicted molar refractivity (Wildman–Crippen MR) is 63.9 cm³/mol. The summed E-state index contributed by atoms with van der Waals surface area (Å²) in [4.78, 5) is 4.58. The van der Waals surface area contributed by atoms with Gasteiger partial charge in [-0.15, -0.1) is 0 Å². The van der Waals surface area contributed by atoms with Crippen LogP contribution in [0.15, 0.2) is 22.9 Å². The van der Waals surface area contributed by atoms with Crippen molar-refractivity contribution in [3.63, 3.8) is 0 Å². The van der Waals surface area contributed by atoms with Crippen molar-refractivity contribution in [1.29, 1.82) is 0 Å². The lowest BCUT2D eigenvalue weighted by Crippen LogP contribution is -2.12. The number of aromatic nitrogens is 2. The van der Waals surface area contributed by atoms with E-state index in [-0.39, 0.29) is 0 Å². The fourth-order valence-electron chi connectivity index (χ4n) is 2.04. The molecule has 1 aliphatic rings. The normalized spacial score (nSPS) is 16.9. The summed E-state index contributed by atoms with van der Waals surface area (Å²) in [6, 6.07) is 3.92. The molecule has 2 aromatic rings. The van der Waals surface area contributed by atoms with E-state index in [9.17, 15) is 0 Å². The number of hydrogen-bond acceptors (Lipinski definition) is 2. The fraction of sp³-hybridized carbons (Fsp3) is 0.364. The zero-order chi connectivity index (χ0) is 10.4. The molecule has 1 saturated carbocycles. The SMILES string of the molecule is Nc1ccc2c(Br)nc(C3CCC3)n2c1. The predicted octanol–water partition coefficient (Wildman–Crippen LogP) is 2.95. The molecule has 78 valence electrons. The first-order valence-corrected chi connectivity index (χ1v) is 5.98. The molecule has 2 N–H and O–H groups in total. The molecule has 0 bridgehead atoms. The van der Waals surface area contributed by atoms with E-state index in [2.05, 4.69) is 25.3 Å². The van der Waals surface area contributed by atoms with Crippen LogP contribution in [0.2, 0.25) is 0 Å². The Morgan fingerprint density at radius 1 is 1.40 bits per heavy atom. The summed E-state index contributed by atoms with van der Waals surface area (Å²) < 4.78 is 3.04. The van der Waals surface area contributed by atoms with Crippen LogP contribution in [0.3, 0.4) is 0 Å². The van der Waals surface area contributed by atoms with Crippen LogP contribution in [-0.4, -0.2) is 9.38 Å². The minimum Gasteiger partial charge on any atom is -0.398 e. The van der Waals surface area contributed by atoms with Crippen LogP contribution in [0, 0.1) is 0 Å². The van der Waals surface area contributed by atoms with Crippen LogP contribution >= 0.6 is 15.9 Å². The quantitative estimate of drug-likeness (QED) is 0.862. The molecule has 0 spiro atoms. The van der Waals surface area contributed by atoms with Crippen LogP contribution in [-0.2, 0) is 0 Å². The van der Waals surface area contributed by atoms with E-state index < -0.39 is 0 Å². The van der Waals surface area contributed by atoms with Crippen LogP contribution < -0.4 is 5.73 Å². The van der Waals surface area contributed by atoms with Gasteiger partial charge < -0.3 is 10.1 Å². The molecule has 2 aromatic heterocycles. The van der Waals surface area contributed by atoms with Gasteiger partial charge in [-0.2, -0.15) is 0 Å². The molecule has 0 atom stereocenters. The third kappa shape index (κ3) is 1.35. The maximum absolute atomic E-state index is 5.80. The molecule has 3 nitrogen and oxygen atoms in total. The molecule has 0 amide bonds. The smallest absolute Gasteiger partial charge is 0.132 e. The lowest BCUT2D eigenvalue weighted by atomic mass is 9.85. The Morgan fingerprint density at radius 3 is 2.87 bits per heavy atom. The number of imidazole rings is 1. The van der Waals surface area contributed by atoms with Gasteiger partial charge in [-0.05, 0) is 40.9 Å². The first-order valence-electron chi connectivity index (χ1n) is 5.18. The van der Waals surface area contributed by atoms with Crippen molar-refractivity contribution in [1.82, 2.24) is 9.38 Å². The molecule has 15 heavy (non-hydrogen) atoms. The Morgan fingerprint density at radius 2 is 2.20 bits per heavy atom. The van der Waals surface area contributed by atoms with E-state index >= 15 is 0 Å². The number of halogens is 1. The first kappa shape index (κ1) is 9.21. The number of hydrogen-bond donors (Lipinski definition) is 1. The Hall–Kier alpha value is -1.03. The second-order valence-electron chi connectivity index (χ2n) is 4.11.